The van der Waals surface area contributed by atoms with Crippen LogP contribution in [-0.4, -0.2) is 15.8 Å². The fourth-order valence-electron chi connectivity index (χ4n) is 1.54. The number of hydrogen-bond donors (Lipinski definition) is 1. The van der Waals surface area contributed by atoms with Gasteiger partial charge in [-0.3, -0.25) is 0 Å². The van der Waals surface area contributed by atoms with Crippen molar-refractivity contribution in [3.63, 3.8) is 0 Å². The molecule has 2 rings (SSSR count). The molecule has 0 aliphatic rings. The summed E-state index contributed by atoms with van der Waals surface area (Å²) in [5.74, 6) is 0. The van der Waals surface area contributed by atoms with E-state index >= 15 is 0 Å². The number of hydrogen-bond acceptors (Lipinski definition) is 4. The number of rotatable bonds is 4. The Bertz CT molecular complexity index is 427. The number of aromatic nitrogens is 2. The minimum absolute atomic E-state index is 0.249. The Labute approximate surface area is 113 Å². The first-order valence-electron chi connectivity index (χ1n) is 4.99. The van der Waals surface area contributed by atoms with Crippen LogP contribution < -0.4 is 5.32 Å². The molecule has 0 saturated heterocycles. The highest BCUT2D eigenvalue weighted by Crippen LogP contribution is 2.17. The first-order valence-corrected chi connectivity index (χ1v) is 6.79. The molecule has 0 radical (unpaired) electrons. The molecule has 1 atom stereocenters. The highest BCUT2D eigenvalue weighted by molar-refractivity contribution is 14.1. The Kier molecular flexibility index (Phi) is 4.25. The van der Waals surface area contributed by atoms with Crippen molar-refractivity contribution in [2.45, 2.75) is 12.5 Å². The van der Waals surface area contributed by atoms with Gasteiger partial charge in [-0.15, -0.1) is 0 Å². The third kappa shape index (κ3) is 2.99. The van der Waals surface area contributed by atoms with Crippen molar-refractivity contribution in [2.24, 2.45) is 0 Å². The predicted molar refractivity (Wildman–Crippen MR) is 74.6 cm³/mol. The second kappa shape index (κ2) is 5.70. The lowest BCUT2D eigenvalue weighted by atomic mass is 10.0. The molecule has 84 valence electrons. The minimum Gasteiger partial charge on any atom is -0.311 e. The van der Waals surface area contributed by atoms with E-state index in [4.69, 9.17) is 0 Å². The van der Waals surface area contributed by atoms with E-state index in [1.165, 1.54) is 20.9 Å². The number of likely N-dealkylation sites (N-methyl/N-ethyl adjacent to an activating group) is 1. The van der Waals surface area contributed by atoms with E-state index < -0.39 is 0 Å². The van der Waals surface area contributed by atoms with Crippen LogP contribution in [-0.2, 0) is 6.42 Å². The normalized spacial score (nSPS) is 12.6. The van der Waals surface area contributed by atoms with Gasteiger partial charge in [0.15, 0.2) is 0 Å². The predicted octanol–water partition coefficient (Wildman–Crippen LogP) is 2.65. The van der Waals surface area contributed by atoms with Gasteiger partial charge in [-0.2, -0.15) is 8.75 Å². The fourth-order valence-corrected chi connectivity index (χ4v) is 2.37. The van der Waals surface area contributed by atoms with Gasteiger partial charge in [-0.1, -0.05) is 12.1 Å². The van der Waals surface area contributed by atoms with Crippen molar-refractivity contribution in [2.75, 3.05) is 7.05 Å². The summed E-state index contributed by atoms with van der Waals surface area (Å²) in [5, 5.41) is 3.27. The third-order valence-electron chi connectivity index (χ3n) is 2.44. The van der Waals surface area contributed by atoms with Gasteiger partial charge in [0.1, 0.15) is 0 Å². The molecular formula is C11H12IN3S. The van der Waals surface area contributed by atoms with Gasteiger partial charge >= 0.3 is 0 Å². The second-order valence-electron chi connectivity index (χ2n) is 3.50. The third-order valence-corrected chi connectivity index (χ3v) is 3.65. The topological polar surface area (TPSA) is 37.8 Å². The summed E-state index contributed by atoms with van der Waals surface area (Å²) in [5.41, 5.74) is 2.33. The molecule has 0 aliphatic carbocycles. The Morgan fingerprint density at radius 1 is 1.38 bits per heavy atom. The standard InChI is InChI=1S/C11H12IN3S/c1-13-10(11-7-14-16-15-11)6-8-2-4-9(12)5-3-8/h2-5,7,10,13H,6H2,1H3. The van der Waals surface area contributed by atoms with Crippen molar-refractivity contribution in [3.8, 4) is 0 Å². The number of nitrogens with zero attached hydrogens (tertiary/aromatic N) is 2. The average Bonchev–Trinajstić information content (AvgIpc) is 2.82. The van der Waals surface area contributed by atoms with Crippen LogP contribution in [0.5, 0.6) is 0 Å². The molecule has 0 aliphatic heterocycles. The molecule has 1 N–H and O–H groups in total. The quantitative estimate of drug-likeness (QED) is 0.866. The fraction of sp³-hybridized carbons (Fsp3) is 0.273. The minimum atomic E-state index is 0.249. The Hall–Kier alpha value is -0.530. The largest absolute Gasteiger partial charge is 0.311 e. The molecule has 1 unspecified atom stereocenters. The second-order valence-corrected chi connectivity index (χ2v) is 5.31. The van der Waals surface area contributed by atoms with Crippen molar-refractivity contribution >= 4 is 34.3 Å². The Balaban J connectivity index is 2.10. The molecule has 1 aromatic carbocycles. The molecule has 1 aromatic heterocycles. The van der Waals surface area contributed by atoms with Gasteiger partial charge in [0.05, 0.1) is 29.7 Å². The van der Waals surface area contributed by atoms with Gasteiger partial charge in [0.25, 0.3) is 0 Å². The van der Waals surface area contributed by atoms with Crippen LogP contribution in [0.2, 0.25) is 0 Å². The zero-order valence-electron chi connectivity index (χ0n) is 8.85. The zero-order chi connectivity index (χ0) is 11.4. The molecule has 0 spiro atoms. The smallest absolute Gasteiger partial charge is 0.0915 e. The highest BCUT2D eigenvalue weighted by Gasteiger charge is 2.12. The molecule has 0 fully saturated rings. The van der Waals surface area contributed by atoms with Gasteiger partial charge in [-0.05, 0) is 53.8 Å². The SMILES string of the molecule is CNC(Cc1ccc(I)cc1)c1cnsn1. The number of nitrogens with one attached hydrogen (secondary N) is 1. The average molecular weight is 345 g/mol. The van der Waals surface area contributed by atoms with Crippen LogP contribution in [0, 0.1) is 3.57 Å². The van der Waals surface area contributed by atoms with Gasteiger partial charge < -0.3 is 5.32 Å². The lowest BCUT2D eigenvalue weighted by molar-refractivity contribution is 0.580. The summed E-state index contributed by atoms with van der Waals surface area (Å²) >= 11 is 3.57. The number of halogens is 1. The van der Waals surface area contributed by atoms with Crippen molar-refractivity contribution in [1.29, 1.82) is 0 Å². The molecule has 0 saturated carbocycles. The van der Waals surface area contributed by atoms with Crippen LogP contribution in [0.15, 0.2) is 30.5 Å². The first-order chi connectivity index (χ1) is 7.79. The molecule has 3 nitrogen and oxygen atoms in total. The zero-order valence-corrected chi connectivity index (χ0v) is 11.8. The molecule has 2 aromatic rings. The van der Waals surface area contributed by atoms with Gasteiger partial charge in [0, 0.05) is 3.57 Å². The van der Waals surface area contributed by atoms with E-state index in [0.29, 0.717) is 0 Å². The van der Waals surface area contributed by atoms with Crippen molar-refractivity contribution in [3.05, 3.63) is 45.3 Å². The maximum atomic E-state index is 4.27. The molecule has 16 heavy (non-hydrogen) atoms. The molecule has 0 amide bonds. The lowest BCUT2D eigenvalue weighted by Crippen LogP contribution is -2.19. The van der Waals surface area contributed by atoms with Gasteiger partial charge in [-0.25, -0.2) is 0 Å². The Morgan fingerprint density at radius 2 is 2.12 bits per heavy atom. The van der Waals surface area contributed by atoms with E-state index in [9.17, 15) is 0 Å². The van der Waals surface area contributed by atoms with Crippen LogP contribution in [0.1, 0.15) is 17.3 Å². The molecule has 1 heterocycles. The summed E-state index contributed by atoms with van der Waals surface area (Å²) in [6.45, 7) is 0. The lowest BCUT2D eigenvalue weighted by Gasteiger charge is -2.13. The summed E-state index contributed by atoms with van der Waals surface area (Å²) in [7, 11) is 1.96. The van der Waals surface area contributed by atoms with E-state index in [0.717, 1.165) is 12.1 Å². The summed E-state index contributed by atoms with van der Waals surface area (Å²) < 4.78 is 9.57. The first kappa shape index (κ1) is 11.9. The maximum Gasteiger partial charge on any atom is 0.0915 e. The highest BCUT2D eigenvalue weighted by atomic mass is 127. The van der Waals surface area contributed by atoms with Crippen molar-refractivity contribution < 1.29 is 0 Å². The van der Waals surface area contributed by atoms with E-state index in [1.54, 1.807) is 0 Å². The van der Waals surface area contributed by atoms with E-state index in [1.807, 2.05) is 13.2 Å². The molecule has 5 heteroatoms. The van der Waals surface area contributed by atoms with Crippen LogP contribution >= 0.6 is 34.3 Å². The van der Waals surface area contributed by atoms with Crippen LogP contribution in [0.25, 0.3) is 0 Å². The Morgan fingerprint density at radius 3 is 2.69 bits per heavy atom. The summed E-state index contributed by atoms with van der Waals surface area (Å²) in [4.78, 5) is 0. The number of benzene rings is 1. The van der Waals surface area contributed by atoms with Crippen LogP contribution in [0.3, 0.4) is 0 Å². The summed E-state index contributed by atoms with van der Waals surface area (Å²) in [6.07, 6.45) is 2.78. The molecule has 0 bridgehead atoms. The van der Waals surface area contributed by atoms with E-state index in [-0.39, 0.29) is 6.04 Å². The maximum absolute atomic E-state index is 4.27. The van der Waals surface area contributed by atoms with E-state index in [2.05, 4.69) is 60.9 Å². The van der Waals surface area contributed by atoms with Crippen molar-refractivity contribution in [1.82, 2.24) is 14.1 Å². The van der Waals surface area contributed by atoms with Gasteiger partial charge in [0.2, 0.25) is 0 Å². The molecular weight excluding hydrogens is 333 g/mol. The monoisotopic (exact) mass is 345 g/mol. The van der Waals surface area contributed by atoms with Crippen LogP contribution in [0.4, 0.5) is 0 Å². The summed E-state index contributed by atoms with van der Waals surface area (Å²) in [6, 6.07) is 8.82.